The SMILES string of the molecule is CNC(=O)c1ccc(NC2CN3CCC2CC3)c(N)c1. The van der Waals surface area contributed by atoms with Crippen molar-refractivity contribution in [2.45, 2.75) is 18.9 Å². The smallest absolute Gasteiger partial charge is 0.251 e. The average molecular weight is 274 g/mol. The van der Waals surface area contributed by atoms with E-state index in [1.807, 2.05) is 12.1 Å². The van der Waals surface area contributed by atoms with Crippen LogP contribution >= 0.6 is 0 Å². The van der Waals surface area contributed by atoms with Crippen LogP contribution in [0.25, 0.3) is 0 Å². The van der Waals surface area contributed by atoms with Crippen LogP contribution in [0.15, 0.2) is 18.2 Å². The third-order valence-corrected chi connectivity index (χ3v) is 4.54. The number of nitrogens with two attached hydrogens (primary N) is 1. The summed E-state index contributed by atoms with van der Waals surface area (Å²) >= 11 is 0. The average Bonchev–Trinajstić information content (AvgIpc) is 2.49. The molecule has 1 atom stereocenters. The Morgan fingerprint density at radius 3 is 2.65 bits per heavy atom. The molecule has 4 N–H and O–H groups in total. The number of carbonyl (C=O) groups is 1. The molecular formula is C15H22N4O. The molecule has 1 amide bonds. The number of nitrogens with one attached hydrogen (secondary N) is 2. The van der Waals surface area contributed by atoms with Gasteiger partial charge < -0.3 is 21.3 Å². The van der Waals surface area contributed by atoms with E-state index in [2.05, 4.69) is 15.5 Å². The molecule has 3 fully saturated rings. The predicted octanol–water partition coefficient (Wildman–Crippen LogP) is 1.13. The number of piperidine rings is 3. The molecule has 5 nitrogen and oxygen atoms in total. The van der Waals surface area contributed by atoms with Crippen LogP contribution in [-0.2, 0) is 0 Å². The lowest BCUT2D eigenvalue weighted by Crippen LogP contribution is -2.53. The molecule has 0 aromatic heterocycles. The fourth-order valence-corrected chi connectivity index (χ4v) is 3.31. The number of rotatable bonds is 3. The molecule has 3 saturated heterocycles. The van der Waals surface area contributed by atoms with E-state index in [-0.39, 0.29) is 5.91 Å². The minimum Gasteiger partial charge on any atom is -0.397 e. The Hall–Kier alpha value is -1.75. The summed E-state index contributed by atoms with van der Waals surface area (Å²) in [7, 11) is 1.62. The van der Waals surface area contributed by atoms with Crippen molar-refractivity contribution in [2.75, 3.05) is 37.7 Å². The molecule has 20 heavy (non-hydrogen) atoms. The van der Waals surface area contributed by atoms with Gasteiger partial charge in [-0.2, -0.15) is 0 Å². The van der Waals surface area contributed by atoms with Gasteiger partial charge in [0.2, 0.25) is 0 Å². The highest BCUT2D eigenvalue weighted by molar-refractivity contribution is 5.95. The summed E-state index contributed by atoms with van der Waals surface area (Å²) in [6.07, 6.45) is 2.54. The quantitative estimate of drug-likeness (QED) is 0.723. The maximum atomic E-state index is 11.6. The number of amides is 1. The number of anilines is 2. The maximum Gasteiger partial charge on any atom is 0.251 e. The molecule has 0 saturated carbocycles. The van der Waals surface area contributed by atoms with Crippen molar-refractivity contribution in [3.05, 3.63) is 23.8 Å². The second kappa shape index (κ2) is 5.32. The van der Waals surface area contributed by atoms with Gasteiger partial charge >= 0.3 is 0 Å². The summed E-state index contributed by atoms with van der Waals surface area (Å²) in [5.74, 6) is 0.643. The van der Waals surface area contributed by atoms with Crippen molar-refractivity contribution >= 4 is 17.3 Å². The normalized spacial score (nSPS) is 28.1. The van der Waals surface area contributed by atoms with Gasteiger partial charge in [-0.1, -0.05) is 0 Å². The van der Waals surface area contributed by atoms with E-state index < -0.39 is 0 Å². The van der Waals surface area contributed by atoms with Crippen LogP contribution in [0.1, 0.15) is 23.2 Å². The molecule has 108 valence electrons. The number of nitrogen functional groups attached to an aromatic ring is 1. The van der Waals surface area contributed by atoms with E-state index in [4.69, 9.17) is 5.73 Å². The minimum absolute atomic E-state index is 0.105. The number of nitrogens with zero attached hydrogens (tertiary/aromatic N) is 1. The summed E-state index contributed by atoms with van der Waals surface area (Å²) in [5, 5.41) is 6.18. The molecule has 1 unspecified atom stereocenters. The molecule has 0 spiro atoms. The number of hydrogen-bond acceptors (Lipinski definition) is 4. The van der Waals surface area contributed by atoms with Crippen molar-refractivity contribution < 1.29 is 4.79 Å². The molecule has 4 rings (SSSR count). The largest absolute Gasteiger partial charge is 0.397 e. The molecule has 5 heteroatoms. The van der Waals surface area contributed by atoms with Crippen LogP contribution in [0.5, 0.6) is 0 Å². The van der Waals surface area contributed by atoms with Crippen LogP contribution in [0, 0.1) is 5.92 Å². The van der Waals surface area contributed by atoms with Crippen molar-refractivity contribution in [1.82, 2.24) is 10.2 Å². The van der Waals surface area contributed by atoms with Crippen molar-refractivity contribution in [3.8, 4) is 0 Å². The van der Waals surface area contributed by atoms with E-state index in [0.29, 0.717) is 17.3 Å². The number of benzene rings is 1. The summed E-state index contributed by atoms with van der Waals surface area (Å²) in [5.41, 5.74) is 8.26. The number of hydrogen-bond donors (Lipinski definition) is 3. The second-order valence-electron chi connectivity index (χ2n) is 5.77. The Labute approximate surface area is 119 Å². The van der Waals surface area contributed by atoms with Gasteiger partial charge in [0, 0.05) is 25.2 Å². The second-order valence-corrected chi connectivity index (χ2v) is 5.77. The summed E-state index contributed by atoms with van der Waals surface area (Å²) in [6, 6.07) is 5.95. The lowest BCUT2D eigenvalue weighted by Gasteiger charge is -2.45. The summed E-state index contributed by atoms with van der Waals surface area (Å²) in [4.78, 5) is 14.1. The van der Waals surface area contributed by atoms with Gasteiger partial charge in [0.25, 0.3) is 5.91 Å². The van der Waals surface area contributed by atoms with Gasteiger partial charge in [0.1, 0.15) is 0 Å². The van der Waals surface area contributed by atoms with Gasteiger partial charge in [-0.15, -0.1) is 0 Å². The highest BCUT2D eigenvalue weighted by atomic mass is 16.1. The van der Waals surface area contributed by atoms with E-state index in [1.165, 1.54) is 25.9 Å². The standard InChI is InChI=1S/C15H22N4O/c1-17-15(20)11-2-3-13(12(16)8-11)18-14-9-19-6-4-10(14)5-7-19/h2-3,8,10,14,18H,4-7,9,16H2,1H3,(H,17,20). The van der Waals surface area contributed by atoms with Crippen molar-refractivity contribution in [1.29, 1.82) is 0 Å². The highest BCUT2D eigenvalue weighted by Gasteiger charge is 2.34. The lowest BCUT2D eigenvalue weighted by atomic mass is 9.84. The van der Waals surface area contributed by atoms with Crippen LogP contribution in [0.2, 0.25) is 0 Å². The Morgan fingerprint density at radius 1 is 1.35 bits per heavy atom. The Morgan fingerprint density at radius 2 is 2.10 bits per heavy atom. The summed E-state index contributed by atoms with van der Waals surface area (Å²) in [6.45, 7) is 3.56. The van der Waals surface area contributed by atoms with Crippen LogP contribution in [-0.4, -0.2) is 43.5 Å². The zero-order valence-corrected chi connectivity index (χ0v) is 11.9. The van der Waals surface area contributed by atoms with Gasteiger partial charge in [-0.05, 0) is 50.0 Å². The Balaban J connectivity index is 1.73. The summed E-state index contributed by atoms with van der Waals surface area (Å²) < 4.78 is 0. The minimum atomic E-state index is -0.105. The van der Waals surface area contributed by atoms with E-state index in [9.17, 15) is 4.79 Å². The highest BCUT2D eigenvalue weighted by Crippen LogP contribution is 2.31. The predicted molar refractivity (Wildman–Crippen MR) is 80.8 cm³/mol. The van der Waals surface area contributed by atoms with Crippen LogP contribution in [0.3, 0.4) is 0 Å². The third-order valence-electron chi connectivity index (χ3n) is 4.54. The van der Waals surface area contributed by atoms with E-state index in [1.54, 1.807) is 13.1 Å². The number of carbonyl (C=O) groups excluding carboxylic acids is 1. The Bertz CT molecular complexity index is 509. The maximum absolute atomic E-state index is 11.6. The first-order valence-corrected chi connectivity index (χ1v) is 7.28. The van der Waals surface area contributed by atoms with Gasteiger partial charge in [0.05, 0.1) is 11.4 Å². The first kappa shape index (κ1) is 13.2. The van der Waals surface area contributed by atoms with Crippen LogP contribution < -0.4 is 16.4 Å². The monoisotopic (exact) mass is 274 g/mol. The first-order chi connectivity index (χ1) is 9.67. The van der Waals surface area contributed by atoms with Gasteiger partial charge in [-0.3, -0.25) is 4.79 Å². The third kappa shape index (κ3) is 2.45. The molecular weight excluding hydrogens is 252 g/mol. The van der Waals surface area contributed by atoms with Crippen LogP contribution in [0.4, 0.5) is 11.4 Å². The molecule has 2 bridgehead atoms. The zero-order chi connectivity index (χ0) is 14.1. The van der Waals surface area contributed by atoms with Crippen molar-refractivity contribution in [3.63, 3.8) is 0 Å². The Kier molecular flexibility index (Phi) is 3.53. The molecule has 3 aliphatic heterocycles. The molecule has 0 radical (unpaired) electrons. The molecule has 1 aromatic rings. The zero-order valence-electron chi connectivity index (χ0n) is 11.9. The van der Waals surface area contributed by atoms with Crippen molar-refractivity contribution in [2.24, 2.45) is 5.92 Å². The number of fused-ring (bicyclic) bond motifs is 3. The van der Waals surface area contributed by atoms with E-state index in [0.717, 1.165) is 18.2 Å². The first-order valence-electron chi connectivity index (χ1n) is 7.28. The van der Waals surface area contributed by atoms with E-state index >= 15 is 0 Å². The lowest BCUT2D eigenvalue weighted by molar-refractivity contribution is 0.0963. The molecule has 1 aromatic carbocycles. The topological polar surface area (TPSA) is 70.4 Å². The fraction of sp³-hybridized carbons (Fsp3) is 0.533. The molecule has 3 heterocycles. The van der Waals surface area contributed by atoms with Gasteiger partial charge in [-0.25, -0.2) is 0 Å². The molecule has 0 aliphatic carbocycles. The fourth-order valence-electron chi connectivity index (χ4n) is 3.31. The van der Waals surface area contributed by atoms with Gasteiger partial charge in [0.15, 0.2) is 0 Å². The molecule has 3 aliphatic rings.